The Hall–Kier alpha value is -6.13. The number of aliphatic hydroxyl groups is 1. The predicted molar refractivity (Wildman–Crippen MR) is 245 cm³/mol. The summed E-state index contributed by atoms with van der Waals surface area (Å²) >= 11 is 0. The molecule has 1 heterocycles. The number of amides is 8. The van der Waals surface area contributed by atoms with Crippen molar-refractivity contribution in [2.45, 2.75) is 127 Å². The quantitative estimate of drug-likeness (QED) is 0.0133. The fourth-order valence-corrected chi connectivity index (χ4v) is 6.44. The smallest absolute Gasteiger partial charge is 0.352 e. The van der Waals surface area contributed by atoms with Gasteiger partial charge in [0.2, 0.25) is 35.4 Å². The number of unbranched alkanes of at least 4 members (excludes halogenated alkanes) is 2. The van der Waals surface area contributed by atoms with E-state index in [0.29, 0.717) is 45.2 Å². The van der Waals surface area contributed by atoms with Gasteiger partial charge in [-0.25, -0.2) is 9.79 Å². The summed E-state index contributed by atoms with van der Waals surface area (Å²) in [5.74, 6) is -8.36. The highest BCUT2D eigenvalue weighted by Gasteiger charge is 2.38. The highest BCUT2D eigenvalue weighted by Crippen LogP contribution is 2.19. The molecule has 0 aromatic carbocycles. The molecular formula is C40H72N16O11. The van der Waals surface area contributed by atoms with Crippen molar-refractivity contribution in [2.75, 3.05) is 45.8 Å². The summed E-state index contributed by atoms with van der Waals surface area (Å²) in [6.45, 7) is 2.52. The number of nitrogens with two attached hydrogens (primary N) is 6. The molecule has 0 aromatic heterocycles. The molecule has 22 N–H and O–H groups in total. The summed E-state index contributed by atoms with van der Waals surface area (Å²) in [4.78, 5) is 122. The SMILES string of the molecule is C[C@H](NC(=O)[C@@H](NC(=O)[C@@H](N)CCCCN)[C@@H](O)CN)C(=O)NCC(=O)/N=C(\CCCN)C(=O)N1CCC[C@H]1C(=O)N[C@@H](C)C(=O)N[C@@H](CCCCN)C(=O)N/C(=C\CCNC(=N)N)C(=O)O. The van der Waals surface area contributed by atoms with Gasteiger partial charge in [-0.2, -0.15) is 0 Å². The number of likely N-dealkylation sites (tertiary alicyclic amines) is 1. The van der Waals surface area contributed by atoms with Crippen LogP contribution in [0, 0.1) is 5.41 Å². The molecule has 7 atom stereocenters. The van der Waals surface area contributed by atoms with Gasteiger partial charge in [0.25, 0.3) is 11.8 Å². The van der Waals surface area contributed by atoms with Gasteiger partial charge in [-0.1, -0.05) is 12.5 Å². The number of guanidine groups is 1. The number of nitrogens with zero attached hydrogens (tertiary/aromatic N) is 2. The van der Waals surface area contributed by atoms with E-state index >= 15 is 0 Å². The third-order valence-electron chi connectivity index (χ3n) is 10.2. The fourth-order valence-electron chi connectivity index (χ4n) is 6.44. The molecule has 1 aliphatic heterocycles. The van der Waals surface area contributed by atoms with Gasteiger partial charge < -0.3 is 86.7 Å². The molecule has 27 heteroatoms. The molecule has 27 nitrogen and oxygen atoms in total. The van der Waals surface area contributed by atoms with Crippen LogP contribution >= 0.6 is 0 Å². The highest BCUT2D eigenvalue weighted by molar-refractivity contribution is 6.40. The van der Waals surface area contributed by atoms with E-state index in [1.807, 2.05) is 0 Å². The van der Waals surface area contributed by atoms with Crippen LogP contribution in [0.3, 0.4) is 0 Å². The number of carboxylic acid groups (broad SMARTS) is 1. The van der Waals surface area contributed by atoms with Crippen LogP contribution < -0.4 is 71.6 Å². The monoisotopic (exact) mass is 953 g/mol. The number of carbonyl (C=O) groups excluding carboxylic acids is 8. The van der Waals surface area contributed by atoms with Crippen molar-refractivity contribution in [1.82, 2.24) is 42.1 Å². The van der Waals surface area contributed by atoms with Crippen molar-refractivity contribution >= 4 is 64.9 Å². The van der Waals surface area contributed by atoms with Crippen molar-refractivity contribution < 1.29 is 53.4 Å². The van der Waals surface area contributed by atoms with Crippen molar-refractivity contribution in [3.63, 3.8) is 0 Å². The van der Waals surface area contributed by atoms with Gasteiger partial charge >= 0.3 is 5.97 Å². The van der Waals surface area contributed by atoms with E-state index in [1.54, 1.807) is 0 Å². The first-order valence-corrected chi connectivity index (χ1v) is 22.2. The van der Waals surface area contributed by atoms with Crippen LogP contribution in [-0.4, -0.2) is 168 Å². The van der Waals surface area contributed by atoms with E-state index in [-0.39, 0.29) is 69.8 Å². The number of aliphatic carboxylic acids is 1. The van der Waals surface area contributed by atoms with Crippen LogP contribution in [0.1, 0.15) is 84.5 Å². The van der Waals surface area contributed by atoms with Crippen LogP contribution in [0.4, 0.5) is 0 Å². The molecule has 0 unspecified atom stereocenters. The Morgan fingerprint density at radius 1 is 0.791 bits per heavy atom. The zero-order valence-electron chi connectivity index (χ0n) is 38.3. The van der Waals surface area contributed by atoms with Gasteiger partial charge in [-0.05, 0) is 97.7 Å². The Morgan fingerprint density at radius 3 is 2.01 bits per heavy atom. The first-order valence-electron chi connectivity index (χ1n) is 22.2. The Labute approximate surface area is 389 Å². The topological polar surface area (TPSA) is 474 Å². The van der Waals surface area contributed by atoms with Gasteiger partial charge in [0.1, 0.15) is 41.6 Å². The van der Waals surface area contributed by atoms with Gasteiger partial charge in [-0.3, -0.25) is 43.8 Å². The molecule has 1 fully saturated rings. The standard InChI is InChI=1S/C40H72N16O11/c1-22(51-37(64)31(29(57)20-44)55-34(61)24(45)10-3-5-15-41)32(59)49-21-30(58)52-26(12-7-17-43)38(65)56-19-9-14-28(56)36(63)50-23(2)33(60)53-25(11-4-6-16-42)35(62)54-27(39(66)67)13-8-18-48-40(46)47/h13,22-25,28-29,31,57H,3-12,14-21,41-45H2,1-2H3,(H,49,59)(H,50,63)(H,51,64)(H,53,60)(H,54,62)(H,55,61)(H,66,67)(H4,46,47,48)/b27-13-,52-26+/t22-,23-,24-,25-,28-,29-,31-/m0/s1. The van der Waals surface area contributed by atoms with Crippen LogP contribution in [0.5, 0.6) is 0 Å². The number of carboxylic acids is 1. The predicted octanol–water partition coefficient (Wildman–Crippen LogP) is -6.36. The Morgan fingerprint density at radius 2 is 1.42 bits per heavy atom. The maximum atomic E-state index is 13.8. The zero-order valence-corrected chi connectivity index (χ0v) is 38.3. The van der Waals surface area contributed by atoms with Gasteiger partial charge in [0, 0.05) is 19.6 Å². The lowest BCUT2D eigenvalue weighted by Crippen LogP contribution is -2.60. The maximum Gasteiger partial charge on any atom is 0.352 e. The summed E-state index contributed by atoms with van der Waals surface area (Å²) in [5, 5.41) is 44.1. The van der Waals surface area contributed by atoms with Crippen molar-refractivity contribution in [2.24, 2.45) is 39.4 Å². The van der Waals surface area contributed by atoms with Crippen LogP contribution in [0.15, 0.2) is 16.8 Å². The Bertz CT molecular complexity index is 1780. The molecule has 1 aliphatic rings. The minimum absolute atomic E-state index is 0.0694. The van der Waals surface area contributed by atoms with Crippen molar-refractivity contribution in [1.29, 1.82) is 5.41 Å². The van der Waals surface area contributed by atoms with Crippen LogP contribution in [0.2, 0.25) is 0 Å². The molecule has 0 aromatic rings. The molecule has 0 aliphatic carbocycles. The number of hydrogen-bond acceptors (Lipinski definition) is 16. The molecular weight excluding hydrogens is 881 g/mol. The third kappa shape index (κ3) is 21.8. The average Bonchev–Trinajstić information content (AvgIpc) is 3.79. The summed E-state index contributed by atoms with van der Waals surface area (Å²) in [7, 11) is 0. The molecule has 0 bridgehead atoms. The lowest BCUT2D eigenvalue weighted by atomic mass is 10.1. The lowest BCUT2D eigenvalue weighted by Gasteiger charge is -2.26. The second kappa shape index (κ2) is 31.7. The van der Waals surface area contributed by atoms with E-state index in [1.165, 1.54) is 24.8 Å². The van der Waals surface area contributed by atoms with E-state index in [0.717, 1.165) is 0 Å². The van der Waals surface area contributed by atoms with E-state index < -0.39 is 114 Å². The fraction of sp³-hybridized carbons (Fsp3) is 0.675. The number of carbonyl (C=O) groups is 9. The second-order valence-corrected chi connectivity index (χ2v) is 15.7. The molecule has 8 amide bonds. The van der Waals surface area contributed by atoms with Crippen molar-refractivity contribution in [3.8, 4) is 0 Å². The molecule has 0 spiro atoms. The molecule has 0 saturated carbocycles. The minimum Gasteiger partial charge on any atom is -0.477 e. The Kier molecular flexibility index (Phi) is 27.9. The number of aliphatic imine (C=N–C) groups is 1. The molecule has 1 saturated heterocycles. The lowest BCUT2D eigenvalue weighted by molar-refractivity contribution is -0.137. The highest BCUT2D eigenvalue weighted by atomic mass is 16.4. The molecule has 1 rings (SSSR count). The van der Waals surface area contributed by atoms with Gasteiger partial charge in [-0.15, -0.1) is 0 Å². The number of nitrogens with one attached hydrogen (secondary N) is 8. The van der Waals surface area contributed by atoms with Crippen molar-refractivity contribution in [3.05, 3.63) is 11.8 Å². The van der Waals surface area contributed by atoms with E-state index in [2.05, 4.69) is 42.2 Å². The summed E-state index contributed by atoms with van der Waals surface area (Å²) in [5.41, 5.74) is 32.7. The normalized spacial score (nSPS) is 16.5. The minimum atomic E-state index is -1.56. The first kappa shape index (κ1) is 58.9. The zero-order chi connectivity index (χ0) is 50.6. The number of rotatable bonds is 31. The van der Waals surface area contributed by atoms with Gasteiger partial charge in [0.15, 0.2) is 5.96 Å². The largest absolute Gasteiger partial charge is 0.477 e. The van der Waals surface area contributed by atoms with E-state index in [9.17, 15) is 53.4 Å². The summed E-state index contributed by atoms with van der Waals surface area (Å²) in [6.07, 6.45) is 2.90. The van der Waals surface area contributed by atoms with Crippen LogP contribution in [-0.2, 0) is 43.2 Å². The van der Waals surface area contributed by atoms with E-state index in [4.69, 9.17) is 39.8 Å². The Balaban J connectivity index is 3.03. The third-order valence-corrected chi connectivity index (χ3v) is 10.2. The molecule has 378 valence electrons. The average molecular weight is 953 g/mol. The summed E-state index contributed by atoms with van der Waals surface area (Å²) in [6, 6.07) is -7.42. The number of hydrogen-bond donors (Lipinski definition) is 16. The molecule has 67 heavy (non-hydrogen) atoms. The number of aliphatic hydroxyl groups excluding tert-OH is 1. The van der Waals surface area contributed by atoms with Gasteiger partial charge in [0.05, 0.1) is 18.7 Å². The second-order valence-electron chi connectivity index (χ2n) is 15.7. The summed E-state index contributed by atoms with van der Waals surface area (Å²) < 4.78 is 0. The first-order chi connectivity index (χ1) is 31.7. The maximum absolute atomic E-state index is 13.8. The van der Waals surface area contributed by atoms with Crippen LogP contribution in [0.25, 0.3) is 0 Å². The molecule has 0 radical (unpaired) electrons.